The maximum Gasteiger partial charge on any atom is 0.0210 e. The molecule has 1 rings (SSSR count). The van der Waals surface area contributed by atoms with Crippen LogP contribution in [0.5, 0.6) is 0 Å². The third kappa shape index (κ3) is 7.31. The minimum atomic E-state index is 0. The first-order valence-electron chi connectivity index (χ1n) is 7.43. The number of rotatable bonds is 5. The smallest absolute Gasteiger partial charge is 0.0210 e. The quantitative estimate of drug-likeness (QED) is 0.753. The van der Waals surface area contributed by atoms with E-state index in [1.807, 2.05) is 0 Å². The van der Waals surface area contributed by atoms with Gasteiger partial charge in [0, 0.05) is 12.1 Å². The van der Waals surface area contributed by atoms with E-state index in [0.29, 0.717) is 11.3 Å². The zero-order valence-corrected chi connectivity index (χ0v) is 15.0. The van der Waals surface area contributed by atoms with Gasteiger partial charge in [-0.3, -0.25) is 0 Å². The molecule has 0 bridgehead atoms. The van der Waals surface area contributed by atoms with Crippen LogP contribution in [0.15, 0.2) is 24.3 Å². The summed E-state index contributed by atoms with van der Waals surface area (Å²) >= 11 is 0. The Hall–Kier alpha value is -0.530. The molecule has 0 saturated carbocycles. The van der Waals surface area contributed by atoms with Gasteiger partial charge in [-0.25, -0.2) is 0 Å². The van der Waals surface area contributed by atoms with Crippen molar-refractivity contribution in [1.29, 1.82) is 0 Å². The minimum Gasteiger partial charge on any atom is -0.308 e. The van der Waals surface area contributed by atoms with Crippen LogP contribution in [0, 0.1) is 5.41 Å². The summed E-state index contributed by atoms with van der Waals surface area (Å²) in [5, 5.41) is 3.68. The van der Waals surface area contributed by atoms with Gasteiger partial charge in [0.25, 0.3) is 0 Å². The maximum absolute atomic E-state index is 3.68. The van der Waals surface area contributed by atoms with Crippen LogP contribution in [-0.2, 0) is 6.54 Å². The number of hydrogen-bond donors (Lipinski definition) is 1. The van der Waals surface area contributed by atoms with Gasteiger partial charge in [0.15, 0.2) is 0 Å². The van der Waals surface area contributed by atoms with Gasteiger partial charge in [-0.2, -0.15) is 0 Å². The molecule has 0 aliphatic heterocycles. The zero-order valence-electron chi connectivity index (χ0n) is 14.2. The molecule has 1 aromatic rings. The highest BCUT2D eigenvalue weighted by Gasteiger charge is 2.24. The summed E-state index contributed by atoms with van der Waals surface area (Å²) in [6, 6.07) is 8.99. The first kappa shape index (κ1) is 19.5. The van der Waals surface area contributed by atoms with E-state index < -0.39 is 0 Å². The van der Waals surface area contributed by atoms with E-state index in [4.69, 9.17) is 0 Å². The van der Waals surface area contributed by atoms with Crippen LogP contribution in [0.25, 0.3) is 0 Å². The Labute approximate surface area is 132 Å². The van der Waals surface area contributed by atoms with Crippen molar-refractivity contribution in [3.63, 3.8) is 0 Å². The first-order valence-corrected chi connectivity index (χ1v) is 7.43. The average molecular weight is 298 g/mol. The summed E-state index contributed by atoms with van der Waals surface area (Å²) in [4.78, 5) is 0. The lowest BCUT2D eigenvalue weighted by atomic mass is 9.82. The molecule has 1 aromatic carbocycles. The number of halogens is 1. The van der Waals surface area contributed by atoms with Crippen LogP contribution in [0.4, 0.5) is 0 Å². The maximum atomic E-state index is 3.68. The molecule has 0 radical (unpaired) electrons. The number of benzene rings is 1. The molecule has 0 aromatic heterocycles. The van der Waals surface area contributed by atoms with Crippen molar-refractivity contribution in [1.82, 2.24) is 5.32 Å². The molecule has 0 aliphatic rings. The molecule has 0 unspecified atom stereocenters. The van der Waals surface area contributed by atoms with Gasteiger partial charge < -0.3 is 5.32 Å². The van der Waals surface area contributed by atoms with Crippen molar-refractivity contribution in [2.75, 3.05) is 0 Å². The van der Waals surface area contributed by atoms with Crippen LogP contribution >= 0.6 is 12.4 Å². The van der Waals surface area contributed by atoms with E-state index in [0.717, 1.165) is 6.54 Å². The Morgan fingerprint density at radius 3 is 1.85 bits per heavy atom. The van der Waals surface area contributed by atoms with E-state index in [1.165, 1.54) is 17.5 Å². The van der Waals surface area contributed by atoms with Crippen molar-refractivity contribution in [2.45, 2.75) is 72.9 Å². The van der Waals surface area contributed by atoms with E-state index >= 15 is 0 Å². The lowest BCUT2D eigenvalue weighted by Crippen LogP contribution is -2.41. The topological polar surface area (TPSA) is 12.0 Å². The molecule has 0 spiro atoms. The Morgan fingerprint density at radius 2 is 1.45 bits per heavy atom. The van der Waals surface area contributed by atoms with Gasteiger partial charge >= 0.3 is 0 Å². The van der Waals surface area contributed by atoms with Gasteiger partial charge in [-0.05, 0) is 42.7 Å². The standard InChI is InChI=1S/C18H31N.ClH/c1-14(2)16-10-8-15(9-11-16)12-19-18(6,7)13-17(3,4)5;/h8-11,14,19H,12-13H2,1-7H3;1H. The Morgan fingerprint density at radius 1 is 0.950 bits per heavy atom. The van der Waals surface area contributed by atoms with Crippen molar-refractivity contribution in [3.05, 3.63) is 35.4 Å². The van der Waals surface area contributed by atoms with Crippen LogP contribution < -0.4 is 5.32 Å². The van der Waals surface area contributed by atoms with Gasteiger partial charge in [-0.15, -0.1) is 12.4 Å². The molecule has 0 heterocycles. The average Bonchev–Trinajstić information content (AvgIpc) is 2.24. The fourth-order valence-electron chi connectivity index (χ4n) is 2.75. The van der Waals surface area contributed by atoms with Gasteiger partial charge in [0.2, 0.25) is 0 Å². The predicted molar refractivity (Wildman–Crippen MR) is 92.8 cm³/mol. The van der Waals surface area contributed by atoms with Crippen molar-refractivity contribution < 1.29 is 0 Å². The zero-order chi connectivity index (χ0) is 14.7. The highest BCUT2D eigenvalue weighted by Crippen LogP contribution is 2.27. The second-order valence-corrected chi connectivity index (χ2v) is 7.87. The summed E-state index contributed by atoms with van der Waals surface area (Å²) < 4.78 is 0. The van der Waals surface area contributed by atoms with E-state index in [1.54, 1.807) is 0 Å². The Kier molecular flexibility index (Phi) is 7.27. The second-order valence-electron chi connectivity index (χ2n) is 7.87. The number of nitrogens with one attached hydrogen (secondary N) is 1. The summed E-state index contributed by atoms with van der Waals surface area (Å²) in [5.74, 6) is 0.611. The fourth-order valence-corrected chi connectivity index (χ4v) is 2.75. The lowest BCUT2D eigenvalue weighted by molar-refractivity contribution is 0.241. The predicted octanol–water partition coefficient (Wildman–Crippen LogP) is 5.54. The monoisotopic (exact) mass is 297 g/mol. The molecular weight excluding hydrogens is 266 g/mol. The van der Waals surface area contributed by atoms with Gasteiger partial charge in [0.05, 0.1) is 0 Å². The molecule has 0 saturated heterocycles. The molecule has 0 aliphatic carbocycles. The van der Waals surface area contributed by atoms with Crippen molar-refractivity contribution in [3.8, 4) is 0 Å². The molecule has 0 atom stereocenters. The van der Waals surface area contributed by atoms with Crippen LogP contribution in [0.3, 0.4) is 0 Å². The van der Waals surface area contributed by atoms with Gasteiger partial charge in [0.1, 0.15) is 0 Å². The van der Waals surface area contributed by atoms with Crippen LogP contribution in [0.1, 0.15) is 71.9 Å². The number of hydrogen-bond acceptors (Lipinski definition) is 1. The van der Waals surface area contributed by atoms with E-state index in [2.05, 4.69) is 78.0 Å². The molecule has 0 amide bonds. The highest BCUT2D eigenvalue weighted by molar-refractivity contribution is 5.85. The summed E-state index contributed by atoms with van der Waals surface area (Å²) in [6.45, 7) is 16.9. The summed E-state index contributed by atoms with van der Waals surface area (Å²) in [7, 11) is 0. The summed E-state index contributed by atoms with van der Waals surface area (Å²) in [6.07, 6.45) is 1.17. The Bertz CT molecular complexity index is 385. The second kappa shape index (κ2) is 7.47. The molecule has 20 heavy (non-hydrogen) atoms. The first-order chi connectivity index (χ1) is 8.59. The van der Waals surface area contributed by atoms with Gasteiger partial charge in [-0.1, -0.05) is 58.9 Å². The van der Waals surface area contributed by atoms with E-state index in [9.17, 15) is 0 Å². The normalized spacial score (nSPS) is 12.4. The molecule has 0 fully saturated rings. The molecule has 1 nitrogen and oxygen atoms in total. The minimum absolute atomic E-state index is 0. The van der Waals surface area contributed by atoms with Crippen LogP contribution in [-0.4, -0.2) is 5.54 Å². The third-order valence-corrected chi connectivity index (χ3v) is 3.39. The molecular formula is C18H32ClN. The van der Waals surface area contributed by atoms with Crippen molar-refractivity contribution in [2.24, 2.45) is 5.41 Å². The molecule has 2 heteroatoms. The Balaban J connectivity index is 0.00000361. The third-order valence-electron chi connectivity index (χ3n) is 3.39. The SMILES string of the molecule is CC(C)c1ccc(CNC(C)(C)CC(C)(C)C)cc1.Cl. The largest absolute Gasteiger partial charge is 0.308 e. The summed E-state index contributed by atoms with van der Waals surface area (Å²) in [5.41, 5.74) is 3.32. The van der Waals surface area contributed by atoms with E-state index in [-0.39, 0.29) is 17.9 Å². The lowest BCUT2D eigenvalue weighted by Gasteiger charge is -2.33. The fraction of sp³-hybridized carbons (Fsp3) is 0.667. The molecule has 116 valence electrons. The van der Waals surface area contributed by atoms with Crippen LogP contribution in [0.2, 0.25) is 0 Å². The highest BCUT2D eigenvalue weighted by atomic mass is 35.5. The molecule has 1 N–H and O–H groups in total. The van der Waals surface area contributed by atoms with Crippen molar-refractivity contribution >= 4 is 12.4 Å².